The first-order valence-corrected chi connectivity index (χ1v) is 5.44. The van der Waals surface area contributed by atoms with Crippen LogP contribution in [-0.2, 0) is 0 Å². The lowest BCUT2D eigenvalue weighted by molar-refractivity contribution is 0.737. The minimum Gasteiger partial charge on any atom is -0.371 e. The van der Waals surface area contributed by atoms with E-state index in [1.54, 1.807) is 0 Å². The van der Waals surface area contributed by atoms with Gasteiger partial charge in [-0.1, -0.05) is 24.8 Å². The fraction of sp³-hybridized carbons (Fsp3) is 0.385. The van der Waals surface area contributed by atoms with E-state index in [2.05, 4.69) is 48.0 Å². The van der Waals surface area contributed by atoms with Crippen LogP contribution in [0.1, 0.15) is 12.5 Å². The fourth-order valence-corrected chi connectivity index (χ4v) is 1.54. The van der Waals surface area contributed by atoms with Gasteiger partial charge in [0.1, 0.15) is 0 Å². The molecular formula is C13H20N2. The van der Waals surface area contributed by atoms with Crippen molar-refractivity contribution >= 4 is 11.8 Å². The second kappa shape index (κ2) is 6.25. The summed E-state index contributed by atoms with van der Waals surface area (Å²) in [5, 5.41) is 3.17. The van der Waals surface area contributed by atoms with Crippen molar-refractivity contribution in [3.63, 3.8) is 0 Å². The van der Waals surface area contributed by atoms with Crippen molar-refractivity contribution in [2.24, 2.45) is 0 Å². The van der Waals surface area contributed by atoms with E-state index in [0.717, 1.165) is 19.6 Å². The van der Waals surface area contributed by atoms with Gasteiger partial charge < -0.3 is 10.2 Å². The summed E-state index contributed by atoms with van der Waals surface area (Å²) in [5.74, 6) is 0. The molecule has 0 unspecified atom stereocenters. The van der Waals surface area contributed by atoms with Crippen LogP contribution in [0.5, 0.6) is 0 Å². The van der Waals surface area contributed by atoms with Crippen LogP contribution in [0.3, 0.4) is 0 Å². The topological polar surface area (TPSA) is 15.3 Å². The summed E-state index contributed by atoms with van der Waals surface area (Å²) < 4.78 is 0. The van der Waals surface area contributed by atoms with Gasteiger partial charge in [-0.05, 0) is 31.7 Å². The van der Waals surface area contributed by atoms with Crippen molar-refractivity contribution in [3.05, 3.63) is 36.4 Å². The second-order valence-corrected chi connectivity index (χ2v) is 3.48. The first kappa shape index (κ1) is 11.8. The molecule has 0 saturated carbocycles. The SMILES string of the molecule is C=Cc1ccc(N(CC)CCNC)cc1. The Kier molecular flexibility index (Phi) is 4.91. The van der Waals surface area contributed by atoms with Crippen LogP contribution in [0.25, 0.3) is 6.08 Å². The van der Waals surface area contributed by atoms with Crippen LogP contribution < -0.4 is 10.2 Å². The Labute approximate surface area is 92.6 Å². The number of anilines is 1. The maximum Gasteiger partial charge on any atom is 0.0366 e. The van der Waals surface area contributed by atoms with Gasteiger partial charge >= 0.3 is 0 Å². The highest BCUT2D eigenvalue weighted by Crippen LogP contribution is 2.15. The molecule has 1 aromatic rings. The molecule has 0 atom stereocenters. The first-order valence-electron chi connectivity index (χ1n) is 5.44. The Morgan fingerprint density at radius 3 is 2.47 bits per heavy atom. The van der Waals surface area contributed by atoms with Gasteiger partial charge in [-0.15, -0.1) is 0 Å². The van der Waals surface area contributed by atoms with Gasteiger partial charge in [-0.2, -0.15) is 0 Å². The smallest absolute Gasteiger partial charge is 0.0366 e. The molecule has 0 aliphatic rings. The van der Waals surface area contributed by atoms with E-state index in [1.807, 2.05) is 13.1 Å². The van der Waals surface area contributed by atoms with E-state index >= 15 is 0 Å². The summed E-state index contributed by atoms with van der Waals surface area (Å²) in [6, 6.07) is 8.50. The molecule has 0 radical (unpaired) electrons. The molecule has 0 fully saturated rings. The molecule has 0 aliphatic carbocycles. The number of hydrogen-bond donors (Lipinski definition) is 1. The van der Waals surface area contributed by atoms with Crippen LogP contribution in [0, 0.1) is 0 Å². The highest BCUT2D eigenvalue weighted by Gasteiger charge is 2.02. The van der Waals surface area contributed by atoms with E-state index < -0.39 is 0 Å². The lowest BCUT2D eigenvalue weighted by atomic mass is 10.2. The van der Waals surface area contributed by atoms with Crippen molar-refractivity contribution in [2.75, 3.05) is 31.6 Å². The highest BCUT2D eigenvalue weighted by atomic mass is 15.1. The second-order valence-electron chi connectivity index (χ2n) is 3.48. The largest absolute Gasteiger partial charge is 0.371 e. The van der Waals surface area contributed by atoms with Gasteiger partial charge in [0.05, 0.1) is 0 Å². The zero-order valence-electron chi connectivity index (χ0n) is 9.66. The van der Waals surface area contributed by atoms with Crippen molar-refractivity contribution in [1.82, 2.24) is 5.32 Å². The molecule has 0 bridgehead atoms. The van der Waals surface area contributed by atoms with Crippen LogP contribution in [0.2, 0.25) is 0 Å². The average Bonchev–Trinajstić information content (AvgIpc) is 2.31. The number of rotatable bonds is 6. The molecule has 0 amide bonds. The summed E-state index contributed by atoms with van der Waals surface area (Å²) in [4.78, 5) is 2.35. The lowest BCUT2D eigenvalue weighted by Crippen LogP contribution is -2.30. The number of hydrogen-bond acceptors (Lipinski definition) is 2. The lowest BCUT2D eigenvalue weighted by Gasteiger charge is -2.23. The number of nitrogens with one attached hydrogen (secondary N) is 1. The molecule has 0 aromatic heterocycles. The van der Waals surface area contributed by atoms with Crippen molar-refractivity contribution < 1.29 is 0 Å². The van der Waals surface area contributed by atoms with Crippen molar-refractivity contribution in [3.8, 4) is 0 Å². The molecule has 1 N–H and O–H groups in total. The molecule has 0 spiro atoms. The van der Waals surface area contributed by atoms with Crippen molar-refractivity contribution in [2.45, 2.75) is 6.92 Å². The van der Waals surface area contributed by atoms with Gasteiger partial charge in [0.2, 0.25) is 0 Å². The van der Waals surface area contributed by atoms with Crippen LogP contribution in [0.15, 0.2) is 30.8 Å². The summed E-state index contributed by atoms with van der Waals surface area (Å²) in [6.07, 6.45) is 1.87. The van der Waals surface area contributed by atoms with Gasteiger partial charge in [-0.3, -0.25) is 0 Å². The van der Waals surface area contributed by atoms with Gasteiger partial charge in [0.15, 0.2) is 0 Å². The fourth-order valence-electron chi connectivity index (χ4n) is 1.54. The third kappa shape index (κ3) is 3.40. The van der Waals surface area contributed by atoms with E-state index in [-0.39, 0.29) is 0 Å². The molecule has 1 rings (SSSR count). The highest BCUT2D eigenvalue weighted by molar-refractivity contribution is 5.54. The molecule has 0 aliphatic heterocycles. The molecule has 2 heteroatoms. The van der Waals surface area contributed by atoms with Gasteiger partial charge in [0.25, 0.3) is 0 Å². The van der Waals surface area contributed by atoms with Crippen LogP contribution in [-0.4, -0.2) is 26.7 Å². The van der Waals surface area contributed by atoms with Crippen molar-refractivity contribution in [1.29, 1.82) is 0 Å². The maximum absolute atomic E-state index is 3.75. The predicted molar refractivity (Wildman–Crippen MR) is 68.3 cm³/mol. The third-order valence-corrected chi connectivity index (χ3v) is 2.51. The summed E-state index contributed by atoms with van der Waals surface area (Å²) in [5.41, 5.74) is 2.45. The molecule has 1 aromatic carbocycles. The van der Waals surface area contributed by atoms with Gasteiger partial charge in [-0.25, -0.2) is 0 Å². The van der Waals surface area contributed by atoms with Crippen LogP contribution in [0.4, 0.5) is 5.69 Å². The Hall–Kier alpha value is -1.28. The Morgan fingerprint density at radius 1 is 1.33 bits per heavy atom. The van der Waals surface area contributed by atoms with Gasteiger partial charge in [0, 0.05) is 25.3 Å². The number of likely N-dealkylation sites (N-methyl/N-ethyl adjacent to an activating group) is 2. The van der Waals surface area contributed by atoms with E-state index in [1.165, 1.54) is 11.3 Å². The monoisotopic (exact) mass is 204 g/mol. The van der Waals surface area contributed by atoms with E-state index in [0.29, 0.717) is 0 Å². The molecule has 2 nitrogen and oxygen atoms in total. The molecule has 0 saturated heterocycles. The Bertz CT molecular complexity index is 290. The zero-order valence-corrected chi connectivity index (χ0v) is 9.66. The summed E-state index contributed by atoms with van der Waals surface area (Å²) in [6.45, 7) is 9.02. The summed E-state index contributed by atoms with van der Waals surface area (Å²) in [7, 11) is 1.98. The standard InChI is InChI=1S/C13H20N2/c1-4-12-6-8-13(9-7-12)15(5-2)11-10-14-3/h4,6-9,14H,1,5,10-11H2,2-3H3. The third-order valence-electron chi connectivity index (χ3n) is 2.51. The molecule has 82 valence electrons. The zero-order chi connectivity index (χ0) is 11.1. The minimum atomic E-state index is 1.01. The Morgan fingerprint density at radius 2 is 2.00 bits per heavy atom. The average molecular weight is 204 g/mol. The maximum atomic E-state index is 3.75. The quantitative estimate of drug-likeness (QED) is 0.765. The van der Waals surface area contributed by atoms with Crippen LogP contribution >= 0.6 is 0 Å². The molecular weight excluding hydrogens is 184 g/mol. The van der Waals surface area contributed by atoms with E-state index in [4.69, 9.17) is 0 Å². The minimum absolute atomic E-state index is 1.01. The predicted octanol–water partition coefficient (Wildman–Crippen LogP) is 2.38. The normalized spacial score (nSPS) is 10.0. The first-order chi connectivity index (χ1) is 7.31. The van der Waals surface area contributed by atoms with E-state index in [9.17, 15) is 0 Å². The number of nitrogens with zero attached hydrogens (tertiary/aromatic N) is 1. The number of benzene rings is 1. The molecule has 15 heavy (non-hydrogen) atoms. The molecule has 0 heterocycles. The summed E-state index contributed by atoms with van der Waals surface area (Å²) >= 11 is 0. The Balaban J connectivity index is 2.69.